The SMILES string of the molecule is CC1=CC=C(Br)C(C)(Br)C1Br. The van der Waals surface area contributed by atoms with Gasteiger partial charge >= 0.3 is 0 Å². The lowest BCUT2D eigenvalue weighted by Gasteiger charge is -2.31. The van der Waals surface area contributed by atoms with Crippen molar-refractivity contribution in [1.82, 2.24) is 0 Å². The van der Waals surface area contributed by atoms with Crippen LogP contribution in [0.5, 0.6) is 0 Å². The summed E-state index contributed by atoms with van der Waals surface area (Å²) in [5, 5.41) is 0. The number of rotatable bonds is 0. The van der Waals surface area contributed by atoms with Gasteiger partial charge in [-0.25, -0.2) is 0 Å². The van der Waals surface area contributed by atoms with Gasteiger partial charge in [-0.05, 0) is 13.8 Å². The second kappa shape index (κ2) is 3.35. The fourth-order valence-corrected chi connectivity index (χ4v) is 2.56. The first-order valence-corrected chi connectivity index (χ1v) is 5.84. The maximum Gasteiger partial charge on any atom is 0.0705 e. The number of alkyl halides is 2. The third-order valence-electron chi connectivity index (χ3n) is 1.84. The van der Waals surface area contributed by atoms with Crippen molar-refractivity contribution in [3.8, 4) is 0 Å². The summed E-state index contributed by atoms with van der Waals surface area (Å²) < 4.78 is 1.18. The molecular formula is C8H9Br3. The lowest BCUT2D eigenvalue weighted by Crippen LogP contribution is -2.31. The highest BCUT2D eigenvalue weighted by Gasteiger charge is 2.35. The lowest BCUT2D eigenvalue weighted by molar-refractivity contribution is 0.799. The van der Waals surface area contributed by atoms with E-state index in [1.165, 1.54) is 10.1 Å². The maximum atomic E-state index is 3.66. The fraction of sp³-hybridized carbons (Fsp3) is 0.500. The number of halogens is 3. The molecular weight excluding hydrogens is 336 g/mol. The molecule has 2 atom stereocenters. The minimum atomic E-state index is 0.00579. The largest absolute Gasteiger partial charge is 0.0823 e. The zero-order valence-corrected chi connectivity index (χ0v) is 11.1. The average molecular weight is 345 g/mol. The molecule has 0 aromatic heterocycles. The van der Waals surface area contributed by atoms with Gasteiger partial charge in [0.25, 0.3) is 0 Å². The van der Waals surface area contributed by atoms with Crippen LogP contribution >= 0.6 is 47.8 Å². The molecule has 0 radical (unpaired) electrons. The predicted molar refractivity (Wildman–Crippen MR) is 60.8 cm³/mol. The second-order valence-electron chi connectivity index (χ2n) is 2.86. The van der Waals surface area contributed by atoms with Crippen molar-refractivity contribution >= 4 is 47.8 Å². The van der Waals surface area contributed by atoms with Crippen LogP contribution in [0.2, 0.25) is 0 Å². The minimum Gasteiger partial charge on any atom is -0.0823 e. The van der Waals surface area contributed by atoms with Gasteiger partial charge < -0.3 is 0 Å². The summed E-state index contributed by atoms with van der Waals surface area (Å²) in [5.74, 6) is 0. The van der Waals surface area contributed by atoms with Crippen LogP contribution in [0.1, 0.15) is 13.8 Å². The van der Waals surface area contributed by atoms with Gasteiger partial charge in [-0.2, -0.15) is 0 Å². The lowest BCUT2D eigenvalue weighted by atomic mass is 9.97. The van der Waals surface area contributed by atoms with Gasteiger partial charge in [0.1, 0.15) is 0 Å². The van der Waals surface area contributed by atoms with Crippen LogP contribution in [0.4, 0.5) is 0 Å². The van der Waals surface area contributed by atoms with Gasteiger partial charge in [-0.3, -0.25) is 0 Å². The van der Waals surface area contributed by atoms with Crippen molar-refractivity contribution in [1.29, 1.82) is 0 Å². The van der Waals surface area contributed by atoms with Crippen molar-refractivity contribution in [2.24, 2.45) is 0 Å². The summed E-state index contributed by atoms with van der Waals surface area (Å²) in [5.41, 5.74) is 1.34. The molecule has 2 unspecified atom stereocenters. The molecule has 0 heterocycles. The summed E-state index contributed by atoms with van der Waals surface area (Å²) in [4.78, 5) is 0.370. The van der Waals surface area contributed by atoms with Gasteiger partial charge in [0.05, 0.1) is 9.15 Å². The van der Waals surface area contributed by atoms with E-state index in [0.29, 0.717) is 4.83 Å². The molecule has 3 heteroatoms. The van der Waals surface area contributed by atoms with Gasteiger partial charge in [0.2, 0.25) is 0 Å². The van der Waals surface area contributed by atoms with Gasteiger partial charge in [-0.15, -0.1) is 0 Å². The molecule has 62 valence electrons. The highest BCUT2D eigenvalue weighted by atomic mass is 79.9. The molecule has 0 aliphatic heterocycles. The Labute approximate surface area is 92.5 Å². The van der Waals surface area contributed by atoms with E-state index in [4.69, 9.17) is 0 Å². The van der Waals surface area contributed by atoms with E-state index in [0.717, 1.165) is 0 Å². The van der Waals surface area contributed by atoms with Crippen LogP contribution in [-0.4, -0.2) is 9.15 Å². The maximum absolute atomic E-state index is 3.66. The van der Waals surface area contributed by atoms with Crippen molar-refractivity contribution in [2.45, 2.75) is 23.0 Å². The first-order chi connectivity index (χ1) is 4.96. The average Bonchev–Trinajstić information content (AvgIpc) is 1.95. The van der Waals surface area contributed by atoms with Crippen LogP contribution in [0.25, 0.3) is 0 Å². The third-order valence-corrected chi connectivity index (χ3v) is 6.59. The zero-order valence-electron chi connectivity index (χ0n) is 6.37. The molecule has 0 nitrogen and oxygen atoms in total. The predicted octanol–water partition coefficient (Wildman–Crippen LogP) is 4.14. The standard InChI is InChI=1S/C8H9Br3/c1-5-3-4-6(9)8(2,11)7(5)10/h3-4,7H,1-2H3. The Morgan fingerprint density at radius 3 is 2.45 bits per heavy atom. The summed E-state index contributed by atoms with van der Waals surface area (Å²) in [6.07, 6.45) is 4.20. The van der Waals surface area contributed by atoms with Gasteiger partial charge in [-0.1, -0.05) is 65.5 Å². The molecule has 0 saturated heterocycles. The Morgan fingerprint density at radius 2 is 2.00 bits per heavy atom. The van der Waals surface area contributed by atoms with E-state index in [-0.39, 0.29) is 4.32 Å². The Bertz CT molecular complexity index is 225. The highest BCUT2D eigenvalue weighted by Crippen LogP contribution is 2.43. The van der Waals surface area contributed by atoms with Crippen LogP contribution in [0.3, 0.4) is 0 Å². The molecule has 1 aliphatic carbocycles. The molecule has 0 aromatic rings. The Hall–Kier alpha value is 0.920. The molecule has 0 fully saturated rings. The van der Waals surface area contributed by atoms with Crippen LogP contribution < -0.4 is 0 Å². The van der Waals surface area contributed by atoms with Crippen molar-refractivity contribution in [3.05, 3.63) is 22.2 Å². The minimum absolute atomic E-state index is 0.00579. The summed E-state index contributed by atoms with van der Waals surface area (Å²) in [7, 11) is 0. The van der Waals surface area contributed by atoms with Crippen molar-refractivity contribution < 1.29 is 0 Å². The Balaban J connectivity index is 3.03. The normalized spacial score (nSPS) is 38.1. The molecule has 0 spiro atoms. The quantitative estimate of drug-likeness (QED) is 0.579. The van der Waals surface area contributed by atoms with E-state index in [1.807, 2.05) is 0 Å². The summed E-state index contributed by atoms with van der Waals surface area (Å²) in [6.45, 7) is 4.26. The molecule has 0 amide bonds. The summed E-state index contributed by atoms with van der Waals surface area (Å²) >= 11 is 10.8. The zero-order chi connectivity index (χ0) is 8.65. The number of hydrogen-bond donors (Lipinski definition) is 0. The van der Waals surface area contributed by atoms with Gasteiger partial charge in [0.15, 0.2) is 0 Å². The topological polar surface area (TPSA) is 0 Å². The number of allylic oxidation sites excluding steroid dienone is 4. The Morgan fingerprint density at radius 1 is 1.45 bits per heavy atom. The molecule has 11 heavy (non-hydrogen) atoms. The number of hydrogen-bond acceptors (Lipinski definition) is 0. The molecule has 0 saturated carbocycles. The monoisotopic (exact) mass is 342 g/mol. The molecule has 0 N–H and O–H groups in total. The van der Waals surface area contributed by atoms with Crippen LogP contribution in [-0.2, 0) is 0 Å². The molecule has 1 aliphatic rings. The van der Waals surface area contributed by atoms with E-state index >= 15 is 0 Å². The van der Waals surface area contributed by atoms with E-state index in [1.54, 1.807) is 0 Å². The third kappa shape index (κ3) is 1.81. The van der Waals surface area contributed by atoms with E-state index in [2.05, 4.69) is 73.8 Å². The van der Waals surface area contributed by atoms with E-state index in [9.17, 15) is 0 Å². The first kappa shape index (κ1) is 10.0. The molecule has 0 aromatic carbocycles. The van der Waals surface area contributed by atoms with Gasteiger partial charge in [0, 0.05) is 4.48 Å². The summed E-state index contributed by atoms with van der Waals surface area (Å²) in [6, 6.07) is 0. The molecule has 1 rings (SSSR count). The van der Waals surface area contributed by atoms with E-state index < -0.39 is 0 Å². The molecule has 0 bridgehead atoms. The second-order valence-corrected chi connectivity index (χ2v) is 6.28. The van der Waals surface area contributed by atoms with Crippen molar-refractivity contribution in [3.63, 3.8) is 0 Å². The van der Waals surface area contributed by atoms with Crippen LogP contribution in [0.15, 0.2) is 22.2 Å². The Kier molecular flexibility index (Phi) is 3.04. The smallest absolute Gasteiger partial charge is 0.0705 e. The fourth-order valence-electron chi connectivity index (χ4n) is 1.00. The highest BCUT2D eigenvalue weighted by molar-refractivity contribution is 9.15. The first-order valence-electron chi connectivity index (χ1n) is 3.33. The van der Waals surface area contributed by atoms with Crippen LogP contribution in [0, 0.1) is 0 Å². The van der Waals surface area contributed by atoms with Crippen molar-refractivity contribution in [2.75, 3.05) is 0 Å².